The van der Waals surface area contributed by atoms with Crippen LogP contribution in [-0.4, -0.2) is 64.4 Å². The molecule has 9 nitrogen and oxygen atoms in total. The van der Waals surface area contributed by atoms with E-state index in [2.05, 4.69) is 4.99 Å². The van der Waals surface area contributed by atoms with Crippen molar-refractivity contribution in [1.29, 1.82) is 0 Å². The van der Waals surface area contributed by atoms with Crippen LogP contribution in [0, 0.1) is 0 Å². The second-order valence-corrected chi connectivity index (χ2v) is 9.12. The van der Waals surface area contributed by atoms with E-state index in [4.69, 9.17) is 10.6 Å². The van der Waals surface area contributed by atoms with Gasteiger partial charge in [-0.05, 0) is 61.6 Å². The van der Waals surface area contributed by atoms with Gasteiger partial charge in [0.1, 0.15) is 11.9 Å². The van der Waals surface area contributed by atoms with Crippen molar-refractivity contribution in [2.45, 2.75) is 45.6 Å². The number of amides is 2. The lowest BCUT2D eigenvalue weighted by Crippen LogP contribution is -2.40. The molecule has 4 rings (SSSR count). The smallest absolute Gasteiger partial charge is 0.326 e. The number of benzene rings is 2. The summed E-state index contributed by atoms with van der Waals surface area (Å²) < 4.78 is 0. The zero-order valence-electron chi connectivity index (χ0n) is 21.1. The number of aliphatic imine (C=N–C) groups is 1. The molecule has 0 aliphatic carbocycles. The number of aliphatic carboxylic acids is 1. The van der Waals surface area contributed by atoms with Gasteiger partial charge in [-0.1, -0.05) is 31.2 Å². The molecule has 2 aliphatic heterocycles. The lowest BCUT2D eigenvalue weighted by molar-refractivity contribution is -0.180. The molecule has 2 amide bonds. The van der Waals surface area contributed by atoms with Gasteiger partial charge < -0.3 is 15.7 Å². The van der Waals surface area contributed by atoms with Crippen molar-refractivity contribution in [1.82, 2.24) is 9.96 Å². The van der Waals surface area contributed by atoms with Gasteiger partial charge in [-0.25, -0.2) is 14.9 Å². The number of carbonyl (C=O) groups is 3. The summed E-state index contributed by atoms with van der Waals surface area (Å²) in [7, 11) is 0. The van der Waals surface area contributed by atoms with E-state index in [9.17, 15) is 19.5 Å². The predicted molar refractivity (Wildman–Crippen MR) is 141 cm³/mol. The van der Waals surface area contributed by atoms with Crippen LogP contribution in [0.1, 0.15) is 55.5 Å². The Balaban J connectivity index is 1.57. The average molecular weight is 505 g/mol. The molecular formula is C28H32N4O5. The number of hydroxylamine groups is 2. The lowest BCUT2D eigenvalue weighted by Gasteiger charge is -2.21. The van der Waals surface area contributed by atoms with Crippen molar-refractivity contribution in [3.05, 3.63) is 59.2 Å². The first-order chi connectivity index (χ1) is 17.8. The highest BCUT2D eigenvalue weighted by Crippen LogP contribution is 2.32. The van der Waals surface area contributed by atoms with E-state index in [1.165, 1.54) is 9.96 Å². The second kappa shape index (κ2) is 11.4. The van der Waals surface area contributed by atoms with Crippen LogP contribution in [-0.2, 0) is 14.4 Å². The van der Waals surface area contributed by atoms with Crippen molar-refractivity contribution < 1.29 is 24.3 Å². The van der Waals surface area contributed by atoms with Crippen LogP contribution < -0.4 is 5.73 Å². The number of nitrogens with zero attached hydrogens (tertiary/aromatic N) is 3. The lowest BCUT2D eigenvalue weighted by atomic mass is 9.99. The Morgan fingerprint density at radius 1 is 1.14 bits per heavy atom. The summed E-state index contributed by atoms with van der Waals surface area (Å²) in [4.78, 5) is 48.9. The van der Waals surface area contributed by atoms with Crippen molar-refractivity contribution in [2.75, 3.05) is 19.7 Å². The molecule has 1 saturated heterocycles. The molecule has 1 fully saturated rings. The third kappa shape index (κ3) is 5.72. The van der Waals surface area contributed by atoms with Gasteiger partial charge >= 0.3 is 5.97 Å². The van der Waals surface area contributed by atoms with E-state index in [1.54, 1.807) is 12.1 Å². The number of carbonyl (C=O) groups excluding carboxylic acids is 2. The zero-order valence-corrected chi connectivity index (χ0v) is 21.1. The molecule has 2 aromatic rings. The van der Waals surface area contributed by atoms with Crippen molar-refractivity contribution in [3.8, 4) is 11.1 Å². The fraction of sp³-hybridized carbons (Fsp3) is 0.357. The fourth-order valence-corrected chi connectivity index (χ4v) is 4.69. The highest BCUT2D eigenvalue weighted by atomic mass is 16.7. The summed E-state index contributed by atoms with van der Waals surface area (Å²) in [5.74, 6) is -1.13. The summed E-state index contributed by atoms with van der Waals surface area (Å²) in [6, 6.07) is 12.0. The van der Waals surface area contributed by atoms with Gasteiger partial charge in [0.2, 0.25) is 0 Å². The molecule has 194 valence electrons. The molecule has 2 aliphatic rings. The SMILES string of the molecule is CCCN(OCC)C(=O)C1=Cc2ccc(-c3ccc(C(=O)N4CCCC4C(=O)O)cc3)cc2N=C(N)C1. The Labute approximate surface area is 216 Å². The summed E-state index contributed by atoms with van der Waals surface area (Å²) in [5, 5.41) is 10.8. The van der Waals surface area contributed by atoms with Crippen LogP contribution in [0.5, 0.6) is 0 Å². The maximum atomic E-state index is 13.1. The van der Waals surface area contributed by atoms with Crippen LogP contribution in [0.15, 0.2) is 53.0 Å². The molecule has 0 bridgehead atoms. The first kappa shape index (κ1) is 26.1. The number of carboxylic acids is 1. The molecule has 0 saturated carbocycles. The molecule has 1 atom stereocenters. The highest BCUT2D eigenvalue weighted by Gasteiger charge is 2.34. The molecular weight excluding hydrogens is 472 g/mol. The van der Waals surface area contributed by atoms with E-state index >= 15 is 0 Å². The first-order valence-corrected chi connectivity index (χ1v) is 12.6. The molecule has 0 radical (unpaired) electrons. The normalized spacial score (nSPS) is 16.9. The van der Waals surface area contributed by atoms with E-state index in [0.29, 0.717) is 55.2 Å². The Morgan fingerprint density at radius 2 is 1.86 bits per heavy atom. The van der Waals surface area contributed by atoms with E-state index in [1.807, 2.05) is 50.3 Å². The first-order valence-electron chi connectivity index (χ1n) is 12.6. The number of likely N-dealkylation sites (tertiary alicyclic amines) is 1. The largest absolute Gasteiger partial charge is 0.480 e. The van der Waals surface area contributed by atoms with Crippen molar-refractivity contribution in [2.24, 2.45) is 10.7 Å². The highest BCUT2D eigenvalue weighted by molar-refractivity contribution is 6.05. The van der Waals surface area contributed by atoms with E-state index in [0.717, 1.165) is 23.1 Å². The van der Waals surface area contributed by atoms with Gasteiger partial charge in [0.05, 0.1) is 12.3 Å². The monoisotopic (exact) mass is 504 g/mol. The maximum Gasteiger partial charge on any atom is 0.326 e. The number of hydrogen-bond donors (Lipinski definition) is 2. The summed E-state index contributed by atoms with van der Waals surface area (Å²) in [5.41, 5.74) is 10.3. The van der Waals surface area contributed by atoms with Crippen LogP contribution in [0.4, 0.5) is 5.69 Å². The molecule has 1 unspecified atom stereocenters. The van der Waals surface area contributed by atoms with Gasteiger partial charge in [-0.2, -0.15) is 0 Å². The minimum atomic E-state index is -0.970. The van der Waals surface area contributed by atoms with Crippen LogP contribution >= 0.6 is 0 Å². The fourth-order valence-electron chi connectivity index (χ4n) is 4.69. The molecule has 2 aromatic carbocycles. The van der Waals surface area contributed by atoms with Gasteiger partial charge in [0, 0.05) is 36.2 Å². The van der Waals surface area contributed by atoms with Gasteiger partial charge in [0.15, 0.2) is 0 Å². The van der Waals surface area contributed by atoms with Crippen molar-refractivity contribution >= 4 is 35.4 Å². The van der Waals surface area contributed by atoms with E-state index in [-0.39, 0.29) is 18.2 Å². The number of fused-ring (bicyclic) bond motifs is 1. The number of nitrogens with two attached hydrogens (primary N) is 1. The third-order valence-electron chi connectivity index (χ3n) is 6.47. The topological polar surface area (TPSA) is 126 Å². The number of rotatable bonds is 8. The average Bonchev–Trinajstić information content (AvgIpc) is 3.32. The summed E-state index contributed by atoms with van der Waals surface area (Å²) >= 11 is 0. The molecule has 2 heterocycles. The molecule has 9 heteroatoms. The van der Waals surface area contributed by atoms with Crippen LogP contribution in [0.3, 0.4) is 0 Å². The molecule has 37 heavy (non-hydrogen) atoms. The van der Waals surface area contributed by atoms with E-state index < -0.39 is 12.0 Å². The number of amidine groups is 1. The summed E-state index contributed by atoms with van der Waals surface area (Å²) in [6.07, 6.45) is 3.96. The Bertz CT molecular complexity index is 1250. The molecule has 0 spiro atoms. The third-order valence-corrected chi connectivity index (χ3v) is 6.47. The second-order valence-electron chi connectivity index (χ2n) is 9.12. The van der Waals surface area contributed by atoms with Crippen molar-refractivity contribution in [3.63, 3.8) is 0 Å². The van der Waals surface area contributed by atoms with Gasteiger partial charge in [-0.3, -0.25) is 14.4 Å². The standard InChI is InChI=1S/C28H32N4O5/c1-3-13-32(37-4-2)27(34)22-15-21-12-11-20(16-23(21)30-25(29)17-22)18-7-9-19(10-8-18)26(33)31-14-5-6-24(31)28(35)36/h7-12,15-16,24H,3-6,13-14,17H2,1-2H3,(H2,29,30)(H,35,36). The number of hydrogen-bond acceptors (Lipinski definition) is 6. The minimum absolute atomic E-state index is 0.220. The van der Waals surface area contributed by atoms with Crippen LogP contribution in [0.2, 0.25) is 0 Å². The van der Waals surface area contributed by atoms with Crippen LogP contribution in [0.25, 0.3) is 17.2 Å². The molecule has 3 N–H and O–H groups in total. The van der Waals surface area contributed by atoms with Gasteiger partial charge in [0.25, 0.3) is 11.8 Å². The maximum absolute atomic E-state index is 13.1. The Morgan fingerprint density at radius 3 is 2.54 bits per heavy atom. The Hall–Kier alpha value is -3.98. The van der Waals surface area contributed by atoms with Gasteiger partial charge in [-0.15, -0.1) is 0 Å². The minimum Gasteiger partial charge on any atom is -0.480 e. The quantitative estimate of drug-likeness (QED) is 0.523. The zero-order chi connectivity index (χ0) is 26.5. The molecule has 0 aromatic heterocycles. The Kier molecular flexibility index (Phi) is 8.03. The summed E-state index contributed by atoms with van der Waals surface area (Å²) in [6.45, 7) is 5.15. The number of carboxylic acid groups (broad SMARTS) is 1. The predicted octanol–water partition coefficient (Wildman–Crippen LogP) is 4.01.